The van der Waals surface area contributed by atoms with Gasteiger partial charge in [0.15, 0.2) is 11.4 Å². The second-order valence-corrected chi connectivity index (χ2v) is 5.52. The normalized spacial score (nSPS) is 22.0. The lowest BCUT2D eigenvalue weighted by atomic mass is 10.0. The average molecular weight is 277 g/mol. The summed E-state index contributed by atoms with van der Waals surface area (Å²) < 4.78 is 5.64. The predicted molar refractivity (Wildman–Crippen MR) is 77.7 cm³/mol. The lowest BCUT2D eigenvalue weighted by molar-refractivity contribution is 0.0917. The van der Waals surface area contributed by atoms with Crippen LogP contribution in [0.25, 0.3) is 0 Å². The van der Waals surface area contributed by atoms with Crippen molar-refractivity contribution in [2.45, 2.75) is 45.3 Å². The number of ether oxygens (including phenoxy) is 1. The van der Waals surface area contributed by atoms with Crippen LogP contribution in [0.1, 0.15) is 43.6 Å². The summed E-state index contributed by atoms with van der Waals surface area (Å²) in [7, 11) is 0. The number of aromatic nitrogens is 1. The molecule has 0 aromatic carbocycles. The van der Waals surface area contributed by atoms with Crippen molar-refractivity contribution in [3.63, 3.8) is 0 Å². The highest BCUT2D eigenvalue weighted by atomic mass is 16.5. The molecule has 2 rings (SSSR count). The van der Waals surface area contributed by atoms with E-state index in [9.17, 15) is 4.79 Å². The van der Waals surface area contributed by atoms with Crippen molar-refractivity contribution in [1.29, 1.82) is 0 Å². The molecule has 0 aliphatic heterocycles. The number of carbonyl (C=O) groups is 1. The Bertz CT molecular complexity index is 462. The molecular weight excluding hydrogens is 254 g/mol. The van der Waals surface area contributed by atoms with Gasteiger partial charge >= 0.3 is 0 Å². The fourth-order valence-corrected chi connectivity index (χ4v) is 2.66. The van der Waals surface area contributed by atoms with Gasteiger partial charge in [-0.3, -0.25) is 4.79 Å². The molecule has 1 fully saturated rings. The number of nitrogens with one attached hydrogen (secondary N) is 1. The van der Waals surface area contributed by atoms with Gasteiger partial charge in [-0.15, -0.1) is 0 Å². The van der Waals surface area contributed by atoms with E-state index in [0.717, 1.165) is 19.3 Å². The monoisotopic (exact) mass is 277 g/mol. The van der Waals surface area contributed by atoms with Gasteiger partial charge in [-0.2, -0.15) is 0 Å². The van der Waals surface area contributed by atoms with Crippen LogP contribution in [-0.4, -0.2) is 29.6 Å². The molecule has 110 valence electrons. The molecule has 1 aliphatic carbocycles. The number of carbonyl (C=O) groups excluding carboxylic acids is 1. The Morgan fingerprint density at radius 1 is 1.55 bits per heavy atom. The van der Waals surface area contributed by atoms with Gasteiger partial charge in [0.2, 0.25) is 0 Å². The molecule has 20 heavy (non-hydrogen) atoms. The number of nitrogens with zero attached hydrogens (tertiary/aromatic N) is 1. The van der Waals surface area contributed by atoms with E-state index in [-0.39, 0.29) is 18.1 Å². The van der Waals surface area contributed by atoms with Crippen LogP contribution in [-0.2, 0) is 0 Å². The average Bonchev–Trinajstić information content (AvgIpc) is 2.85. The van der Waals surface area contributed by atoms with E-state index in [1.807, 2.05) is 13.8 Å². The number of amides is 1. The zero-order valence-electron chi connectivity index (χ0n) is 12.1. The van der Waals surface area contributed by atoms with E-state index < -0.39 is 0 Å². The fraction of sp³-hybridized carbons (Fsp3) is 0.600. The summed E-state index contributed by atoms with van der Waals surface area (Å²) in [4.78, 5) is 16.5. The summed E-state index contributed by atoms with van der Waals surface area (Å²) in [6, 6.07) is 3.70. The van der Waals surface area contributed by atoms with Gasteiger partial charge < -0.3 is 15.8 Å². The third-order valence-electron chi connectivity index (χ3n) is 3.63. The molecule has 1 heterocycles. The van der Waals surface area contributed by atoms with Crippen LogP contribution in [0.15, 0.2) is 18.3 Å². The Labute approximate surface area is 119 Å². The number of hydrogen-bond acceptors (Lipinski definition) is 4. The van der Waals surface area contributed by atoms with Crippen molar-refractivity contribution in [3.8, 4) is 5.75 Å². The maximum absolute atomic E-state index is 12.4. The van der Waals surface area contributed by atoms with Gasteiger partial charge in [-0.05, 0) is 51.3 Å². The Kier molecular flexibility index (Phi) is 4.95. The first-order valence-corrected chi connectivity index (χ1v) is 7.24. The number of nitrogens with two attached hydrogens (primary N) is 1. The van der Waals surface area contributed by atoms with Gasteiger partial charge in [0.1, 0.15) is 0 Å². The van der Waals surface area contributed by atoms with Crippen LogP contribution < -0.4 is 15.8 Å². The molecule has 1 aromatic rings. The molecule has 1 saturated carbocycles. The van der Waals surface area contributed by atoms with Gasteiger partial charge in [-0.1, -0.05) is 6.42 Å². The van der Waals surface area contributed by atoms with Crippen molar-refractivity contribution >= 4 is 5.91 Å². The number of pyridine rings is 1. The Morgan fingerprint density at radius 3 is 3.05 bits per heavy atom. The summed E-state index contributed by atoms with van der Waals surface area (Å²) in [5.74, 6) is 0.728. The lowest BCUT2D eigenvalue weighted by Gasteiger charge is -2.20. The van der Waals surface area contributed by atoms with Crippen molar-refractivity contribution < 1.29 is 9.53 Å². The largest absolute Gasteiger partial charge is 0.489 e. The highest BCUT2D eigenvalue weighted by Gasteiger charge is 2.28. The maximum Gasteiger partial charge on any atom is 0.273 e. The van der Waals surface area contributed by atoms with Crippen molar-refractivity contribution in [2.24, 2.45) is 11.7 Å². The van der Waals surface area contributed by atoms with Crippen LogP contribution in [0.5, 0.6) is 5.75 Å². The topological polar surface area (TPSA) is 77.2 Å². The van der Waals surface area contributed by atoms with E-state index in [4.69, 9.17) is 10.5 Å². The van der Waals surface area contributed by atoms with E-state index in [2.05, 4.69) is 10.3 Å². The lowest BCUT2D eigenvalue weighted by Crippen LogP contribution is -2.40. The highest BCUT2D eigenvalue weighted by molar-refractivity contribution is 5.95. The molecule has 5 heteroatoms. The first-order valence-electron chi connectivity index (χ1n) is 7.24. The molecule has 0 spiro atoms. The molecule has 1 aliphatic rings. The molecule has 2 atom stereocenters. The summed E-state index contributed by atoms with van der Waals surface area (Å²) in [5, 5.41) is 3.05. The second kappa shape index (κ2) is 6.70. The zero-order chi connectivity index (χ0) is 14.5. The first kappa shape index (κ1) is 14.8. The molecule has 0 radical (unpaired) electrons. The van der Waals surface area contributed by atoms with E-state index in [1.54, 1.807) is 18.3 Å². The highest BCUT2D eigenvalue weighted by Crippen LogP contribution is 2.25. The summed E-state index contributed by atoms with van der Waals surface area (Å²) in [5.41, 5.74) is 6.09. The molecule has 5 nitrogen and oxygen atoms in total. The van der Waals surface area contributed by atoms with Gasteiger partial charge in [-0.25, -0.2) is 4.98 Å². The van der Waals surface area contributed by atoms with Crippen LogP contribution in [0.3, 0.4) is 0 Å². The molecule has 1 amide bonds. The van der Waals surface area contributed by atoms with E-state index >= 15 is 0 Å². The SMILES string of the molecule is CC(C)Oc1cccnc1C(=O)NC1CCCC1CN. The molecule has 1 aromatic heterocycles. The third kappa shape index (κ3) is 3.48. The molecule has 3 N–H and O–H groups in total. The van der Waals surface area contributed by atoms with Crippen LogP contribution in [0, 0.1) is 5.92 Å². The van der Waals surface area contributed by atoms with Crippen LogP contribution in [0.2, 0.25) is 0 Å². The first-order chi connectivity index (χ1) is 9.61. The number of rotatable bonds is 5. The minimum atomic E-state index is -0.174. The van der Waals surface area contributed by atoms with Gasteiger partial charge in [0, 0.05) is 12.2 Å². The van der Waals surface area contributed by atoms with Gasteiger partial charge in [0.25, 0.3) is 5.91 Å². The van der Waals surface area contributed by atoms with Crippen molar-refractivity contribution in [2.75, 3.05) is 6.54 Å². The molecule has 2 unspecified atom stereocenters. The Morgan fingerprint density at radius 2 is 2.35 bits per heavy atom. The number of hydrogen-bond donors (Lipinski definition) is 2. The summed E-state index contributed by atoms with van der Waals surface area (Å²) >= 11 is 0. The third-order valence-corrected chi connectivity index (χ3v) is 3.63. The van der Waals surface area contributed by atoms with E-state index in [1.165, 1.54) is 0 Å². The molecule has 0 saturated heterocycles. The fourth-order valence-electron chi connectivity index (χ4n) is 2.66. The van der Waals surface area contributed by atoms with Gasteiger partial charge in [0.05, 0.1) is 6.10 Å². The second-order valence-electron chi connectivity index (χ2n) is 5.52. The Balaban J connectivity index is 2.09. The van der Waals surface area contributed by atoms with E-state index in [0.29, 0.717) is 23.9 Å². The molecule has 0 bridgehead atoms. The minimum absolute atomic E-state index is 0.00835. The van der Waals surface area contributed by atoms with Crippen molar-refractivity contribution in [1.82, 2.24) is 10.3 Å². The van der Waals surface area contributed by atoms with Crippen molar-refractivity contribution in [3.05, 3.63) is 24.0 Å². The van der Waals surface area contributed by atoms with Crippen LogP contribution in [0.4, 0.5) is 0 Å². The standard InChI is InChI=1S/C15H23N3O2/c1-10(2)20-13-7-4-8-17-14(13)15(19)18-12-6-3-5-11(12)9-16/h4,7-8,10-12H,3,5-6,9,16H2,1-2H3,(H,18,19). The Hall–Kier alpha value is -1.62. The maximum atomic E-state index is 12.4. The molecular formula is C15H23N3O2. The summed E-state index contributed by atoms with van der Waals surface area (Å²) in [6.07, 6.45) is 4.80. The predicted octanol–water partition coefficient (Wildman–Crippen LogP) is 1.73. The minimum Gasteiger partial charge on any atom is -0.489 e. The smallest absolute Gasteiger partial charge is 0.273 e. The zero-order valence-corrected chi connectivity index (χ0v) is 12.1. The quantitative estimate of drug-likeness (QED) is 0.859. The summed E-state index contributed by atoms with van der Waals surface area (Å²) in [6.45, 7) is 4.47. The van der Waals surface area contributed by atoms with Crippen LogP contribution >= 0.6 is 0 Å².